The predicted molar refractivity (Wildman–Crippen MR) is 108 cm³/mol. The van der Waals surface area contributed by atoms with E-state index in [1.54, 1.807) is 12.1 Å². The number of anilines is 1. The van der Waals surface area contributed by atoms with E-state index in [0.29, 0.717) is 16.3 Å². The number of nitrogens with one attached hydrogen (secondary N) is 1. The number of rotatable bonds is 4. The first-order chi connectivity index (χ1) is 13.1. The zero-order valence-corrected chi connectivity index (χ0v) is 15.2. The third kappa shape index (κ3) is 3.45. The molecule has 2 N–H and O–H groups in total. The molecule has 4 aromatic rings. The highest BCUT2D eigenvalue weighted by Crippen LogP contribution is 2.27. The number of phenols is 1. The van der Waals surface area contributed by atoms with Gasteiger partial charge in [0.2, 0.25) is 5.13 Å². The Labute approximate surface area is 158 Å². The maximum absolute atomic E-state index is 11.7. The standard InChI is InChI=1S/C20H15N3O3S/c1-12-9-18(25)26-19-14(12)7-8-17(24)15(19)10-21-23-20-22-16(11-27-20)13-5-3-2-4-6-13/h2-11,24H,1H3,(H,22,23)/b21-10+. The molecular weight excluding hydrogens is 362 g/mol. The van der Waals surface area contributed by atoms with Crippen molar-refractivity contribution in [1.82, 2.24) is 4.98 Å². The van der Waals surface area contributed by atoms with Crippen LogP contribution in [0.15, 0.2) is 68.2 Å². The topological polar surface area (TPSA) is 87.7 Å². The lowest BCUT2D eigenvalue weighted by atomic mass is 10.1. The van der Waals surface area contributed by atoms with Gasteiger partial charge in [0, 0.05) is 22.4 Å². The Morgan fingerprint density at radius 2 is 2.04 bits per heavy atom. The van der Waals surface area contributed by atoms with Gasteiger partial charge in [-0.3, -0.25) is 5.43 Å². The van der Waals surface area contributed by atoms with Crippen LogP contribution in [-0.2, 0) is 0 Å². The van der Waals surface area contributed by atoms with Crippen molar-refractivity contribution in [3.05, 3.63) is 75.5 Å². The smallest absolute Gasteiger partial charge is 0.336 e. The Bertz CT molecular complexity index is 1200. The van der Waals surface area contributed by atoms with E-state index in [1.165, 1.54) is 23.6 Å². The van der Waals surface area contributed by atoms with Crippen LogP contribution < -0.4 is 11.1 Å². The van der Waals surface area contributed by atoms with E-state index in [4.69, 9.17) is 4.42 Å². The fourth-order valence-corrected chi connectivity index (χ4v) is 3.41. The molecule has 27 heavy (non-hydrogen) atoms. The molecule has 2 aromatic heterocycles. The van der Waals surface area contributed by atoms with Crippen molar-refractivity contribution in [3.8, 4) is 17.0 Å². The van der Waals surface area contributed by atoms with Crippen LogP contribution in [0.4, 0.5) is 5.13 Å². The lowest BCUT2D eigenvalue weighted by molar-refractivity contribution is 0.472. The van der Waals surface area contributed by atoms with Gasteiger partial charge in [-0.15, -0.1) is 11.3 Å². The molecule has 0 bridgehead atoms. The Balaban J connectivity index is 1.62. The number of hydrogen-bond donors (Lipinski definition) is 2. The number of aromatic nitrogens is 1. The zero-order chi connectivity index (χ0) is 18.8. The average molecular weight is 377 g/mol. The van der Waals surface area contributed by atoms with Crippen LogP contribution in [0.25, 0.3) is 22.2 Å². The number of aryl methyl sites for hydroxylation is 1. The summed E-state index contributed by atoms with van der Waals surface area (Å²) < 4.78 is 5.27. The Morgan fingerprint density at radius 3 is 2.85 bits per heavy atom. The number of nitrogens with zero attached hydrogens (tertiary/aromatic N) is 2. The van der Waals surface area contributed by atoms with E-state index in [2.05, 4.69) is 15.5 Å². The van der Waals surface area contributed by atoms with E-state index in [0.717, 1.165) is 22.2 Å². The number of phenolic OH excluding ortho intramolecular Hbond substituents is 1. The SMILES string of the molecule is Cc1cc(=O)oc2c(/C=N/Nc3nc(-c4ccccc4)cs3)c(O)ccc12. The van der Waals surface area contributed by atoms with Gasteiger partial charge in [-0.1, -0.05) is 30.3 Å². The molecule has 0 aliphatic rings. The average Bonchev–Trinajstić information content (AvgIpc) is 3.13. The first-order valence-electron chi connectivity index (χ1n) is 8.18. The molecular formula is C20H15N3O3S. The van der Waals surface area contributed by atoms with Gasteiger partial charge in [-0.25, -0.2) is 9.78 Å². The highest BCUT2D eigenvalue weighted by Gasteiger charge is 2.11. The third-order valence-corrected chi connectivity index (χ3v) is 4.81. The van der Waals surface area contributed by atoms with Crippen molar-refractivity contribution in [1.29, 1.82) is 0 Å². The van der Waals surface area contributed by atoms with Crippen LogP contribution in [0, 0.1) is 6.92 Å². The van der Waals surface area contributed by atoms with E-state index < -0.39 is 5.63 Å². The molecule has 0 spiro atoms. The minimum atomic E-state index is -0.472. The Morgan fingerprint density at radius 1 is 1.22 bits per heavy atom. The van der Waals surface area contributed by atoms with Crippen LogP contribution >= 0.6 is 11.3 Å². The van der Waals surface area contributed by atoms with E-state index in [-0.39, 0.29) is 5.75 Å². The number of hydrazone groups is 1. The minimum absolute atomic E-state index is 0.0223. The van der Waals surface area contributed by atoms with Crippen molar-refractivity contribution < 1.29 is 9.52 Å². The van der Waals surface area contributed by atoms with Crippen molar-refractivity contribution >= 4 is 33.7 Å². The van der Waals surface area contributed by atoms with Crippen molar-refractivity contribution in [2.24, 2.45) is 5.10 Å². The molecule has 0 saturated heterocycles. The monoisotopic (exact) mass is 377 g/mol. The fourth-order valence-electron chi connectivity index (χ4n) is 2.74. The maximum atomic E-state index is 11.7. The molecule has 0 fully saturated rings. The summed E-state index contributed by atoms with van der Waals surface area (Å²) in [7, 11) is 0. The third-order valence-electron chi connectivity index (χ3n) is 4.06. The summed E-state index contributed by atoms with van der Waals surface area (Å²) in [6.07, 6.45) is 1.42. The van der Waals surface area contributed by atoms with Gasteiger partial charge in [0.05, 0.1) is 17.5 Å². The normalized spacial score (nSPS) is 11.3. The lowest BCUT2D eigenvalue weighted by Gasteiger charge is -2.05. The first-order valence-corrected chi connectivity index (χ1v) is 9.06. The summed E-state index contributed by atoms with van der Waals surface area (Å²) in [5.74, 6) is -0.0223. The van der Waals surface area contributed by atoms with Gasteiger partial charge in [-0.05, 0) is 24.6 Å². The van der Waals surface area contributed by atoms with Gasteiger partial charge < -0.3 is 9.52 Å². The number of thiazole rings is 1. The van der Waals surface area contributed by atoms with Crippen LogP contribution in [0.3, 0.4) is 0 Å². The molecule has 0 amide bonds. The van der Waals surface area contributed by atoms with Gasteiger partial charge in [0.1, 0.15) is 5.75 Å². The van der Waals surface area contributed by atoms with Gasteiger partial charge in [-0.2, -0.15) is 5.10 Å². The van der Waals surface area contributed by atoms with Gasteiger partial charge in [0.25, 0.3) is 0 Å². The Hall–Kier alpha value is -3.45. The molecule has 2 aromatic carbocycles. The number of benzene rings is 2. The summed E-state index contributed by atoms with van der Waals surface area (Å²) in [4.78, 5) is 16.2. The second-order valence-electron chi connectivity index (χ2n) is 5.90. The second-order valence-corrected chi connectivity index (χ2v) is 6.76. The Kier molecular flexibility index (Phi) is 4.43. The van der Waals surface area contributed by atoms with Gasteiger partial charge in [0.15, 0.2) is 5.58 Å². The van der Waals surface area contributed by atoms with E-state index in [1.807, 2.05) is 42.6 Å². The first kappa shape index (κ1) is 17.0. The van der Waals surface area contributed by atoms with E-state index >= 15 is 0 Å². The summed E-state index contributed by atoms with van der Waals surface area (Å²) in [6, 6.07) is 14.5. The summed E-state index contributed by atoms with van der Waals surface area (Å²) in [6.45, 7) is 1.82. The summed E-state index contributed by atoms with van der Waals surface area (Å²) >= 11 is 1.42. The van der Waals surface area contributed by atoms with Crippen LogP contribution in [-0.4, -0.2) is 16.3 Å². The molecule has 4 rings (SSSR count). The summed E-state index contributed by atoms with van der Waals surface area (Å²) in [5.41, 5.74) is 5.67. The molecule has 2 heterocycles. The maximum Gasteiger partial charge on any atom is 0.336 e. The van der Waals surface area contributed by atoms with E-state index in [9.17, 15) is 9.90 Å². The quantitative estimate of drug-likeness (QED) is 0.313. The highest BCUT2D eigenvalue weighted by atomic mass is 32.1. The van der Waals surface area contributed by atoms with Crippen molar-refractivity contribution in [2.75, 3.05) is 5.43 Å². The van der Waals surface area contributed by atoms with Crippen molar-refractivity contribution in [3.63, 3.8) is 0 Å². The molecule has 134 valence electrons. The van der Waals surface area contributed by atoms with Crippen LogP contribution in [0.1, 0.15) is 11.1 Å². The highest BCUT2D eigenvalue weighted by molar-refractivity contribution is 7.14. The lowest BCUT2D eigenvalue weighted by Crippen LogP contribution is -2.00. The predicted octanol–water partition coefficient (Wildman–Crippen LogP) is 4.38. The fraction of sp³-hybridized carbons (Fsp3) is 0.0500. The molecule has 0 unspecified atom stereocenters. The largest absolute Gasteiger partial charge is 0.507 e. The molecule has 0 aliphatic heterocycles. The molecule has 6 nitrogen and oxygen atoms in total. The zero-order valence-electron chi connectivity index (χ0n) is 14.3. The molecule has 0 radical (unpaired) electrons. The summed E-state index contributed by atoms with van der Waals surface area (Å²) in [5, 5.41) is 17.6. The molecule has 0 aliphatic carbocycles. The second kappa shape index (κ2) is 7.05. The van der Waals surface area contributed by atoms with Crippen molar-refractivity contribution in [2.45, 2.75) is 6.92 Å². The molecule has 7 heteroatoms. The number of hydrogen-bond acceptors (Lipinski definition) is 7. The molecule has 0 atom stereocenters. The minimum Gasteiger partial charge on any atom is -0.507 e. The molecule has 0 saturated carbocycles. The number of fused-ring (bicyclic) bond motifs is 1. The van der Waals surface area contributed by atoms with Crippen LogP contribution in [0.2, 0.25) is 0 Å². The van der Waals surface area contributed by atoms with Gasteiger partial charge >= 0.3 is 5.63 Å². The van der Waals surface area contributed by atoms with Crippen LogP contribution in [0.5, 0.6) is 5.75 Å². The number of aromatic hydroxyl groups is 1.